The van der Waals surface area contributed by atoms with E-state index in [0.717, 1.165) is 13.1 Å². The largest absolute Gasteiger partial charge is 0.392 e. The third-order valence-corrected chi connectivity index (χ3v) is 3.80. The predicted molar refractivity (Wildman–Crippen MR) is 83.6 cm³/mol. The van der Waals surface area contributed by atoms with Crippen LogP contribution in [0, 0.1) is 11.3 Å². The van der Waals surface area contributed by atoms with Gasteiger partial charge in [-0.1, -0.05) is 48.5 Å². The fourth-order valence-electron chi connectivity index (χ4n) is 2.62. The summed E-state index contributed by atoms with van der Waals surface area (Å²) in [6.07, 6.45) is 1.58. The normalized spacial score (nSPS) is 14.8. The molecule has 0 saturated carbocycles. The zero-order valence-electron chi connectivity index (χ0n) is 14.0. The summed E-state index contributed by atoms with van der Waals surface area (Å²) in [5.41, 5.74) is 2.31. The number of rotatable bonds is 6. The maximum atomic E-state index is 10.2. The summed E-state index contributed by atoms with van der Waals surface area (Å²) < 4.78 is 0. The number of hydrogen-bond donors (Lipinski definition) is 3. The Bertz CT molecular complexity index is 416. The molecule has 1 rings (SSSR count). The monoisotopic (exact) mass is 281 g/mol. The van der Waals surface area contributed by atoms with E-state index in [9.17, 15) is 5.11 Å². The first kappa shape index (κ1) is 17.2. The van der Waals surface area contributed by atoms with Gasteiger partial charge in [-0.25, -0.2) is 0 Å². The molecular formula is C16H31N3O. The molecule has 0 aliphatic heterocycles. The number of aromatic amines is 1. The number of nitrogens with one attached hydrogen (secondary N) is 2. The van der Waals surface area contributed by atoms with E-state index in [0.29, 0.717) is 0 Å². The van der Waals surface area contributed by atoms with Crippen molar-refractivity contribution < 1.29 is 5.11 Å². The van der Waals surface area contributed by atoms with Crippen LogP contribution in [0.15, 0.2) is 6.20 Å². The van der Waals surface area contributed by atoms with Gasteiger partial charge in [0.15, 0.2) is 0 Å². The first-order chi connectivity index (χ1) is 9.05. The van der Waals surface area contributed by atoms with Crippen LogP contribution >= 0.6 is 0 Å². The van der Waals surface area contributed by atoms with Crippen molar-refractivity contribution in [2.24, 2.45) is 11.3 Å². The fourth-order valence-corrected chi connectivity index (χ4v) is 2.62. The number of aliphatic hydroxyl groups is 1. The predicted octanol–water partition coefficient (Wildman–Crippen LogP) is 2.84. The van der Waals surface area contributed by atoms with Gasteiger partial charge in [0, 0.05) is 35.2 Å². The minimum Gasteiger partial charge on any atom is -0.392 e. The topological polar surface area (TPSA) is 60.9 Å². The van der Waals surface area contributed by atoms with Crippen LogP contribution in [0.4, 0.5) is 0 Å². The zero-order valence-corrected chi connectivity index (χ0v) is 14.0. The van der Waals surface area contributed by atoms with Crippen LogP contribution in [0.2, 0.25) is 0 Å². The first-order valence-electron chi connectivity index (χ1n) is 7.47. The van der Waals surface area contributed by atoms with Gasteiger partial charge in [-0.05, 0) is 5.92 Å². The smallest absolute Gasteiger partial charge is 0.0626 e. The molecule has 0 aliphatic rings. The van der Waals surface area contributed by atoms with Gasteiger partial charge in [0.2, 0.25) is 0 Å². The van der Waals surface area contributed by atoms with Gasteiger partial charge in [0.05, 0.1) is 12.3 Å². The van der Waals surface area contributed by atoms with Crippen molar-refractivity contribution in [3.05, 3.63) is 17.5 Å². The molecule has 1 atom stereocenters. The summed E-state index contributed by atoms with van der Waals surface area (Å²) in [4.78, 5) is 0. The van der Waals surface area contributed by atoms with Gasteiger partial charge in [0.1, 0.15) is 0 Å². The highest BCUT2D eigenvalue weighted by atomic mass is 16.3. The average Bonchev–Trinajstić information content (AvgIpc) is 2.75. The van der Waals surface area contributed by atoms with Gasteiger partial charge in [-0.3, -0.25) is 5.10 Å². The molecule has 0 saturated heterocycles. The Labute approximate surface area is 123 Å². The van der Waals surface area contributed by atoms with Crippen LogP contribution in [0.5, 0.6) is 0 Å². The van der Waals surface area contributed by atoms with E-state index in [-0.39, 0.29) is 22.9 Å². The second-order valence-electron chi connectivity index (χ2n) is 7.80. The van der Waals surface area contributed by atoms with Gasteiger partial charge in [0.25, 0.3) is 0 Å². The third kappa shape index (κ3) is 4.32. The Kier molecular flexibility index (Phi) is 5.39. The molecule has 0 fully saturated rings. The standard InChI is InChI=1S/C16H31N3O/c1-11(2)14(20)16(6,7)10-17-8-12-9-18-19-13(12)15(3,4)5/h9,11,14,17,20H,8,10H2,1-7H3,(H,18,19). The van der Waals surface area contributed by atoms with Crippen molar-refractivity contribution >= 4 is 0 Å². The number of hydrogen-bond acceptors (Lipinski definition) is 3. The number of nitrogens with zero attached hydrogens (tertiary/aromatic N) is 1. The number of aromatic nitrogens is 2. The highest BCUT2D eigenvalue weighted by Crippen LogP contribution is 2.26. The molecule has 4 nitrogen and oxygen atoms in total. The molecule has 116 valence electrons. The van der Waals surface area contributed by atoms with Gasteiger partial charge in [-0.2, -0.15) is 5.10 Å². The lowest BCUT2D eigenvalue weighted by Gasteiger charge is -2.33. The Morgan fingerprint density at radius 2 is 1.85 bits per heavy atom. The van der Waals surface area contributed by atoms with Crippen molar-refractivity contribution in [2.75, 3.05) is 6.54 Å². The lowest BCUT2D eigenvalue weighted by Crippen LogP contribution is -2.41. The van der Waals surface area contributed by atoms with Crippen LogP contribution in [0.3, 0.4) is 0 Å². The molecule has 0 radical (unpaired) electrons. The summed E-state index contributed by atoms with van der Waals surface area (Å²) in [7, 11) is 0. The van der Waals surface area contributed by atoms with Gasteiger partial charge >= 0.3 is 0 Å². The molecular weight excluding hydrogens is 250 g/mol. The maximum Gasteiger partial charge on any atom is 0.0626 e. The second kappa shape index (κ2) is 6.27. The van der Waals surface area contributed by atoms with Crippen LogP contribution < -0.4 is 5.32 Å². The summed E-state index contributed by atoms with van der Waals surface area (Å²) in [6.45, 7) is 16.4. The van der Waals surface area contributed by atoms with Gasteiger partial charge in [-0.15, -0.1) is 0 Å². The minimum atomic E-state index is -0.304. The number of aliphatic hydroxyl groups excluding tert-OH is 1. The molecule has 0 aromatic carbocycles. The maximum absolute atomic E-state index is 10.2. The van der Waals surface area contributed by atoms with Gasteiger partial charge < -0.3 is 10.4 Å². The van der Waals surface area contributed by atoms with Crippen molar-refractivity contribution in [1.82, 2.24) is 15.5 Å². The molecule has 4 heteroatoms. The summed E-state index contributed by atoms with van der Waals surface area (Å²) in [5, 5.41) is 20.9. The molecule has 1 unspecified atom stereocenters. The molecule has 0 spiro atoms. The molecule has 0 aliphatic carbocycles. The molecule has 20 heavy (non-hydrogen) atoms. The van der Waals surface area contributed by atoms with Crippen molar-refractivity contribution in [3.8, 4) is 0 Å². The van der Waals surface area contributed by atoms with Crippen molar-refractivity contribution in [3.63, 3.8) is 0 Å². The van der Waals surface area contributed by atoms with Crippen LogP contribution in [-0.2, 0) is 12.0 Å². The van der Waals surface area contributed by atoms with E-state index in [2.05, 4.69) is 64.0 Å². The van der Waals surface area contributed by atoms with Crippen LogP contribution in [0.1, 0.15) is 59.7 Å². The zero-order chi connectivity index (χ0) is 15.6. The highest BCUT2D eigenvalue weighted by Gasteiger charge is 2.30. The highest BCUT2D eigenvalue weighted by molar-refractivity contribution is 5.23. The Morgan fingerprint density at radius 1 is 1.25 bits per heavy atom. The molecule has 1 aromatic heterocycles. The van der Waals surface area contributed by atoms with E-state index < -0.39 is 0 Å². The Hall–Kier alpha value is -0.870. The second-order valence-corrected chi connectivity index (χ2v) is 7.80. The van der Waals surface area contributed by atoms with Crippen LogP contribution in [-0.4, -0.2) is 28.0 Å². The summed E-state index contributed by atoms with van der Waals surface area (Å²) in [5.74, 6) is 0.269. The van der Waals surface area contributed by atoms with Crippen LogP contribution in [0.25, 0.3) is 0 Å². The lowest BCUT2D eigenvalue weighted by molar-refractivity contribution is 0.0134. The first-order valence-corrected chi connectivity index (χ1v) is 7.47. The lowest BCUT2D eigenvalue weighted by atomic mass is 9.80. The average molecular weight is 281 g/mol. The van der Waals surface area contributed by atoms with E-state index in [1.807, 2.05) is 6.20 Å². The Morgan fingerprint density at radius 3 is 2.35 bits per heavy atom. The quantitative estimate of drug-likeness (QED) is 0.751. The molecule has 0 bridgehead atoms. The summed E-state index contributed by atoms with van der Waals surface area (Å²) >= 11 is 0. The third-order valence-electron chi connectivity index (χ3n) is 3.80. The minimum absolute atomic E-state index is 0.0699. The Balaban J connectivity index is 2.60. The fraction of sp³-hybridized carbons (Fsp3) is 0.812. The molecule has 1 heterocycles. The summed E-state index contributed by atoms with van der Waals surface area (Å²) in [6, 6.07) is 0. The van der Waals surface area contributed by atoms with E-state index >= 15 is 0 Å². The number of H-pyrrole nitrogens is 1. The molecule has 3 N–H and O–H groups in total. The van der Waals surface area contributed by atoms with E-state index in [1.165, 1.54) is 11.3 Å². The SMILES string of the molecule is CC(C)C(O)C(C)(C)CNCc1cn[nH]c1C(C)(C)C. The van der Waals surface area contributed by atoms with E-state index in [4.69, 9.17) is 0 Å². The molecule has 0 amide bonds. The van der Waals surface area contributed by atoms with E-state index in [1.54, 1.807) is 0 Å². The molecule has 1 aromatic rings. The van der Waals surface area contributed by atoms with Crippen molar-refractivity contribution in [2.45, 2.75) is 66.5 Å². The van der Waals surface area contributed by atoms with Crippen molar-refractivity contribution in [1.29, 1.82) is 0 Å².